The van der Waals surface area contributed by atoms with Gasteiger partial charge in [-0.2, -0.15) is 0 Å². The molecule has 0 bridgehead atoms. The molecule has 3 aromatic rings. The summed E-state index contributed by atoms with van der Waals surface area (Å²) in [6, 6.07) is 9.42. The van der Waals surface area contributed by atoms with Crippen LogP contribution in [0.25, 0.3) is 11.2 Å². The summed E-state index contributed by atoms with van der Waals surface area (Å²) in [5, 5.41) is 0. The largest absolute Gasteiger partial charge is 0.339 e. The first-order valence-electron chi connectivity index (χ1n) is 11.7. The highest BCUT2D eigenvalue weighted by molar-refractivity contribution is 5.93. The van der Waals surface area contributed by atoms with Crippen molar-refractivity contribution in [2.24, 2.45) is 0 Å². The maximum Gasteiger partial charge on any atom is 0.284 e. The Labute approximate surface area is 196 Å². The zero-order chi connectivity index (χ0) is 23.7. The highest BCUT2D eigenvalue weighted by Gasteiger charge is 2.30. The van der Waals surface area contributed by atoms with E-state index in [1.807, 2.05) is 0 Å². The van der Waals surface area contributed by atoms with Crippen LogP contribution in [0.15, 0.2) is 47.4 Å². The molecule has 0 radical (unpaired) electrons. The first-order chi connectivity index (χ1) is 16.5. The maximum absolute atomic E-state index is 13.4. The topological polar surface area (TPSA) is 88.4 Å². The average Bonchev–Trinajstić information content (AvgIpc) is 3.39. The Bertz CT molecular complexity index is 1280. The maximum atomic E-state index is 13.4. The zero-order valence-corrected chi connectivity index (χ0v) is 18.8. The Morgan fingerprint density at radius 1 is 0.971 bits per heavy atom. The van der Waals surface area contributed by atoms with Crippen molar-refractivity contribution in [3.05, 3.63) is 70.0 Å². The van der Waals surface area contributed by atoms with Gasteiger partial charge in [-0.05, 0) is 42.7 Å². The molecule has 0 unspecified atom stereocenters. The molecule has 1 saturated heterocycles. The van der Waals surface area contributed by atoms with Gasteiger partial charge in [0.25, 0.3) is 11.5 Å². The van der Waals surface area contributed by atoms with Crippen LogP contribution in [0.2, 0.25) is 0 Å². The number of fused-ring (bicyclic) bond motifs is 1. The predicted molar refractivity (Wildman–Crippen MR) is 124 cm³/mol. The number of hydrogen-bond donors (Lipinski definition) is 0. The summed E-state index contributed by atoms with van der Waals surface area (Å²) in [6.45, 7) is 1.39. The number of amides is 2. The van der Waals surface area contributed by atoms with Gasteiger partial charge in [0.15, 0.2) is 11.3 Å². The van der Waals surface area contributed by atoms with Crippen LogP contribution in [-0.2, 0) is 11.2 Å². The van der Waals surface area contributed by atoms with Crippen LogP contribution >= 0.6 is 0 Å². The molecule has 176 valence electrons. The van der Waals surface area contributed by atoms with Crippen molar-refractivity contribution in [2.75, 3.05) is 26.2 Å². The predicted octanol–water partition coefficient (Wildman–Crippen LogP) is 2.57. The van der Waals surface area contributed by atoms with Gasteiger partial charge in [-0.3, -0.25) is 19.0 Å². The Balaban J connectivity index is 1.32. The van der Waals surface area contributed by atoms with Crippen molar-refractivity contribution < 1.29 is 14.0 Å². The third kappa shape index (κ3) is 4.30. The summed E-state index contributed by atoms with van der Waals surface area (Å²) in [7, 11) is 0. The van der Waals surface area contributed by atoms with E-state index in [4.69, 9.17) is 0 Å². The van der Waals surface area contributed by atoms with Crippen molar-refractivity contribution in [1.82, 2.24) is 24.3 Å². The molecule has 0 N–H and O–H groups in total. The molecule has 5 rings (SSSR count). The summed E-state index contributed by atoms with van der Waals surface area (Å²) in [6.07, 6.45) is 5.68. The Morgan fingerprint density at radius 2 is 1.65 bits per heavy atom. The third-order valence-corrected chi connectivity index (χ3v) is 6.73. The molecule has 3 heterocycles. The Hall–Kier alpha value is -3.62. The Morgan fingerprint density at radius 3 is 2.35 bits per heavy atom. The van der Waals surface area contributed by atoms with Crippen LogP contribution < -0.4 is 5.56 Å². The van der Waals surface area contributed by atoms with Gasteiger partial charge in [-0.1, -0.05) is 25.0 Å². The highest BCUT2D eigenvalue weighted by Crippen LogP contribution is 2.30. The fourth-order valence-corrected chi connectivity index (χ4v) is 4.88. The van der Waals surface area contributed by atoms with E-state index >= 15 is 0 Å². The number of rotatable bonds is 4. The van der Waals surface area contributed by atoms with E-state index in [-0.39, 0.29) is 29.9 Å². The van der Waals surface area contributed by atoms with E-state index in [1.54, 1.807) is 44.8 Å². The van der Waals surface area contributed by atoms with E-state index in [0.717, 1.165) is 31.2 Å². The standard InChI is InChI=1S/C25H26FN5O3/c26-18-9-7-17(8-10-18)16-21(32)29-12-14-30(15-13-29)24(33)22-25(34)31(19-4-1-2-5-19)23-20(28-22)6-3-11-27-23/h3,6-11,19H,1-2,4-5,12-16H2. The molecule has 1 aliphatic carbocycles. The molecule has 2 fully saturated rings. The van der Waals surface area contributed by atoms with Gasteiger partial charge in [-0.15, -0.1) is 0 Å². The molecule has 2 amide bonds. The van der Waals surface area contributed by atoms with Crippen molar-refractivity contribution in [1.29, 1.82) is 0 Å². The second-order valence-electron chi connectivity index (χ2n) is 8.90. The summed E-state index contributed by atoms with van der Waals surface area (Å²) in [5.74, 6) is -0.821. The smallest absolute Gasteiger partial charge is 0.284 e. The van der Waals surface area contributed by atoms with Gasteiger partial charge in [0, 0.05) is 38.4 Å². The fourth-order valence-electron chi connectivity index (χ4n) is 4.88. The van der Waals surface area contributed by atoms with Crippen molar-refractivity contribution in [3.63, 3.8) is 0 Å². The number of halogens is 1. The molecule has 1 aliphatic heterocycles. The summed E-state index contributed by atoms with van der Waals surface area (Å²) in [5.41, 5.74) is 1.32. The normalized spacial score (nSPS) is 16.9. The van der Waals surface area contributed by atoms with Crippen LogP contribution in [0.3, 0.4) is 0 Å². The van der Waals surface area contributed by atoms with Crippen LogP contribution in [0, 0.1) is 5.82 Å². The molecule has 0 spiro atoms. The third-order valence-electron chi connectivity index (χ3n) is 6.73. The minimum Gasteiger partial charge on any atom is -0.339 e. The molecule has 0 atom stereocenters. The number of nitrogens with zero attached hydrogens (tertiary/aromatic N) is 5. The second-order valence-corrected chi connectivity index (χ2v) is 8.90. The highest BCUT2D eigenvalue weighted by atomic mass is 19.1. The summed E-state index contributed by atoms with van der Waals surface area (Å²) >= 11 is 0. The van der Waals surface area contributed by atoms with Gasteiger partial charge in [0.2, 0.25) is 5.91 Å². The second kappa shape index (κ2) is 9.32. The first-order valence-corrected chi connectivity index (χ1v) is 11.7. The van der Waals surface area contributed by atoms with Crippen LogP contribution in [0.1, 0.15) is 47.8 Å². The van der Waals surface area contributed by atoms with Gasteiger partial charge in [0.05, 0.1) is 6.42 Å². The van der Waals surface area contributed by atoms with Crippen molar-refractivity contribution in [3.8, 4) is 0 Å². The lowest BCUT2D eigenvalue weighted by Crippen LogP contribution is -2.52. The molecule has 9 heteroatoms. The molecule has 2 aromatic heterocycles. The zero-order valence-electron chi connectivity index (χ0n) is 18.8. The average molecular weight is 464 g/mol. The van der Waals surface area contributed by atoms with E-state index < -0.39 is 11.5 Å². The van der Waals surface area contributed by atoms with Crippen LogP contribution in [0.5, 0.6) is 0 Å². The molecule has 2 aliphatic rings. The molecular formula is C25H26FN5O3. The lowest BCUT2D eigenvalue weighted by Gasteiger charge is -2.34. The molecule has 8 nitrogen and oxygen atoms in total. The fraction of sp³-hybridized carbons (Fsp3) is 0.400. The molecule has 34 heavy (non-hydrogen) atoms. The van der Waals surface area contributed by atoms with Crippen LogP contribution in [-0.4, -0.2) is 62.3 Å². The van der Waals surface area contributed by atoms with E-state index in [0.29, 0.717) is 37.3 Å². The van der Waals surface area contributed by atoms with Crippen molar-refractivity contribution >= 4 is 23.0 Å². The SMILES string of the molecule is O=C(Cc1ccc(F)cc1)N1CCN(C(=O)c2nc3cccnc3n(C3CCCC3)c2=O)CC1. The number of aromatic nitrogens is 3. The van der Waals surface area contributed by atoms with Crippen molar-refractivity contribution in [2.45, 2.75) is 38.1 Å². The monoisotopic (exact) mass is 463 g/mol. The number of benzene rings is 1. The van der Waals surface area contributed by atoms with Gasteiger partial charge in [-0.25, -0.2) is 14.4 Å². The van der Waals surface area contributed by atoms with Crippen LogP contribution in [0.4, 0.5) is 4.39 Å². The molecule has 1 saturated carbocycles. The number of carbonyl (C=O) groups is 2. The number of piperazine rings is 1. The number of carbonyl (C=O) groups excluding carboxylic acids is 2. The lowest BCUT2D eigenvalue weighted by atomic mass is 10.1. The van der Waals surface area contributed by atoms with E-state index in [2.05, 4.69) is 9.97 Å². The van der Waals surface area contributed by atoms with Gasteiger partial charge < -0.3 is 9.80 Å². The summed E-state index contributed by atoms with van der Waals surface area (Å²) in [4.78, 5) is 51.4. The van der Waals surface area contributed by atoms with Gasteiger partial charge >= 0.3 is 0 Å². The Kier molecular flexibility index (Phi) is 6.08. The van der Waals surface area contributed by atoms with Gasteiger partial charge in [0.1, 0.15) is 11.3 Å². The molecule has 1 aromatic carbocycles. The minimum absolute atomic E-state index is 0.0281. The van der Waals surface area contributed by atoms with E-state index in [9.17, 15) is 18.8 Å². The van der Waals surface area contributed by atoms with E-state index in [1.165, 1.54) is 12.1 Å². The minimum atomic E-state index is -0.409. The number of hydrogen-bond acceptors (Lipinski definition) is 5. The molecular weight excluding hydrogens is 437 g/mol. The number of pyridine rings is 1. The lowest BCUT2D eigenvalue weighted by molar-refractivity contribution is -0.131. The summed E-state index contributed by atoms with van der Waals surface area (Å²) < 4.78 is 14.8. The first kappa shape index (κ1) is 22.2. The quantitative estimate of drug-likeness (QED) is 0.594.